The van der Waals surface area contributed by atoms with Crippen molar-refractivity contribution in [1.29, 1.82) is 0 Å². The van der Waals surface area contributed by atoms with Crippen LogP contribution in [0.2, 0.25) is 0 Å². The monoisotopic (exact) mass is 201 g/mol. The van der Waals surface area contributed by atoms with Gasteiger partial charge in [-0.1, -0.05) is 0 Å². The minimum Gasteiger partial charge on any atom is -0.861 e. The predicted octanol–water partition coefficient (Wildman–Crippen LogP) is -0.0739. The Bertz CT molecular complexity index is 332. The average molecular weight is 202 g/mol. The molecule has 1 heterocycles. The topological polar surface area (TPSA) is 65.3 Å². The summed E-state index contributed by atoms with van der Waals surface area (Å²) in [5, 5.41) is 14.5. The van der Waals surface area contributed by atoms with E-state index in [1.165, 1.54) is 0 Å². The smallest absolute Gasteiger partial charge is 0.320 e. The van der Waals surface area contributed by atoms with Crippen LogP contribution in [0.3, 0.4) is 0 Å². The lowest BCUT2D eigenvalue weighted by Gasteiger charge is -2.00. The van der Waals surface area contributed by atoms with Gasteiger partial charge in [0.25, 0.3) is 6.20 Å². The second-order valence-corrected chi connectivity index (χ2v) is 3.16. The van der Waals surface area contributed by atoms with E-state index in [1.54, 1.807) is 10.9 Å². The van der Waals surface area contributed by atoms with Crippen LogP contribution in [0.5, 0.6) is 0 Å². The molecule has 6 heteroatoms. The number of nitrogens with zero attached hydrogens (tertiary/aromatic N) is 3. The highest BCUT2D eigenvalue weighted by Crippen LogP contribution is 2.28. The maximum absolute atomic E-state index is 10.8. The van der Waals surface area contributed by atoms with Crippen LogP contribution in [0, 0.1) is 0 Å². The molecule has 70 valence electrons. The van der Waals surface area contributed by atoms with Gasteiger partial charge >= 0.3 is 5.88 Å². The third-order valence-electron chi connectivity index (χ3n) is 1.74. The Balaban J connectivity index is 2.12. The van der Waals surface area contributed by atoms with Gasteiger partial charge in [-0.3, -0.25) is 4.52 Å². The molecule has 2 rings (SSSR count). The lowest BCUT2D eigenvalue weighted by atomic mass is 10.6. The number of halogens is 1. The molecule has 0 N–H and O–H groups in total. The average Bonchev–Trinajstić information content (AvgIpc) is 2.88. The second-order valence-electron chi connectivity index (χ2n) is 2.89. The Morgan fingerprint density at radius 2 is 2.62 bits per heavy atom. The van der Waals surface area contributed by atoms with Crippen LogP contribution < -0.4 is 9.79 Å². The summed E-state index contributed by atoms with van der Waals surface area (Å²) >= 11 is 5.27. The summed E-state index contributed by atoms with van der Waals surface area (Å²) < 4.78 is 6.49. The van der Waals surface area contributed by atoms with Gasteiger partial charge in [-0.25, -0.2) is 4.99 Å². The summed E-state index contributed by atoms with van der Waals surface area (Å²) in [6.45, 7) is 0. The number of alkyl halides is 1. The van der Waals surface area contributed by atoms with Crippen LogP contribution in [0.1, 0.15) is 18.9 Å². The Morgan fingerprint density at radius 3 is 3.23 bits per heavy atom. The molecule has 0 bridgehead atoms. The highest BCUT2D eigenvalue weighted by Gasteiger charge is 2.35. The molecule has 0 spiro atoms. The van der Waals surface area contributed by atoms with Crippen molar-refractivity contribution in [1.82, 2.24) is 5.27 Å². The third-order valence-corrected chi connectivity index (χ3v) is 1.97. The fraction of sp³-hybridized carbons (Fsp3) is 0.571. The predicted molar refractivity (Wildman–Crippen MR) is 42.8 cm³/mol. The molecule has 1 aromatic rings. The fourth-order valence-corrected chi connectivity index (χ4v) is 1.02. The van der Waals surface area contributed by atoms with E-state index in [-0.39, 0.29) is 11.8 Å². The molecule has 0 atom stereocenters. The molecule has 0 aliphatic heterocycles. The molecular weight excluding hydrogens is 194 g/mol. The summed E-state index contributed by atoms with van der Waals surface area (Å²) in [5.41, 5.74) is 0. The van der Waals surface area contributed by atoms with Crippen molar-refractivity contribution >= 4 is 23.4 Å². The zero-order chi connectivity index (χ0) is 9.26. The number of rotatable bonds is 3. The Hall–Kier alpha value is -1.10. The van der Waals surface area contributed by atoms with Crippen molar-refractivity contribution in [3.8, 4) is 0 Å². The van der Waals surface area contributed by atoms with E-state index in [4.69, 9.17) is 16.1 Å². The highest BCUT2D eigenvalue weighted by molar-refractivity contribution is 6.26. The molecule has 13 heavy (non-hydrogen) atoms. The second kappa shape index (κ2) is 3.33. The summed E-state index contributed by atoms with van der Waals surface area (Å²) in [7, 11) is 0. The van der Waals surface area contributed by atoms with E-state index in [1.807, 2.05) is 0 Å². The molecule has 5 nitrogen and oxygen atoms in total. The summed E-state index contributed by atoms with van der Waals surface area (Å²) in [4.78, 5) is 3.59. The third kappa shape index (κ3) is 1.98. The van der Waals surface area contributed by atoms with Crippen LogP contribution in [-0.4, -0.2) is 17.0 Å². The van der Waals surface area contributed by atoms with Crippen molar-refractivity contribution < 1.29 is 14.3 Å². The zero-order valence-electron chi connectivity index (χ0n) is 6.81. The van der Waals surface area contributed by atoms with E-state index in [0.717, 1.165) is 12.8 Å². The Labute approximate surface area is 79.6 Å². The maximum Gasteiger partial charge on any atom is 0.320 e. The van der Waals surface area contributed by atoms with E-state index in [0.29, 0.717) is 6.04 Å². The van der Waals surface area contributed by atoms with E-state index in [9.17, 15) is 5.11 Å². The SMILES string of the molecule is [O-]/C(CCl)=N/c1c[n+](C2CC2)no1. The van der Waals surface area contributed by atoms with Gasteiger partial charge in [0.2, 0.25) is 5.27 Å². The standard InChI is InChI=1S/C7H8ClN3O2/c8-3-6(12)9-7-4-11(10-13-7)5-1-2-5/h4-5H,1-3H2. The van der Waals surface area contributed by atoms with Gasteiger partial charge in [-0.15, -0.1) is 11.6 Å². The summed E-state index contributed by atoms with van der Waals surface area (Å²) in [6, 6.07) is 0.429. The minimum atomic E-state index is -0.416. The van der Waals surface area contributed by atoms with Crippen molar-refractivity contribution in [3.63, 3.8) is 0 Å². The van der Waals surface area contributed by atoms with Gasteiger partial charge in [0.1, 0.15) is 0 Å². The number of hydrogen-bond donors (Lipinski definition) is 0. The molecule has 1 aromatic heterocycles. The molecule has 0 amide bonds. The minimum absolute atomic E-state index is 0.135. The Kier molecular flexibility index (Phi) is 2.18. The number of aliphatic imine (C=N–C) groups is 1. The molecule has 0 radical (unpaired) electrons. The normalized spacial score (nSPS) is 17.8. The van der Waals surface area contributed by atoms with Gasteiger partial charge < -0.3 is 5.11 Å². The lowest BCUT2D eigenvalue weighted by Crippen LogP contribution is -2.32. The molecule has 1 aliphatic carbocycles. The van der Waals surface area contributed by atoms with Crippen LogP contribution in [-0.2, 0) is 0 Å². The van der Waals surface area contributed by atoms with Crippen LogP contribution in [0.25, 0.3) is 0 Å². The van der Waals surface area contributed by atoms with Gasteiger partial charge in [0.15, 0.2) is 6.04 Å². The molecule has 0 unspecified atom stereocenters. The zero-order valence-corrected chi connectivity index (χ0v) is 7.57. The van der Waals surface area contributed by atoms with Gasteiger partial charge in [0, 0.05) is 12.8 Å². The van der Waals surface area contributed by atoms with Crippen LogP contribution >= 0.6 is 11.6 Å². The molecule has 1 saturated carbocycles. The van der Waals surface area contributed by atoms with Gasteiger partial charge in [-0.05, 0) is 10.6 Å². The number of aromatic nitrogens is 2. The van der Waals surface area contributed by atoms with Crippen LogP contribution in [0.4, 0.5) is 5.88 Å². The summed E-state index contributed by atoms with van der Waals surface area (Å²) in [5.74, 6) is -0.331. The molecule has 1 aliphatic rings. The maximum atomic E-state index is 10.8. The van der Waals surface area contributed by atoms with Crippen molar-refractivity contribution in [2.45, 2.75) is 18.9 Å². The van der Waals surface area contributed by atoms with Crippen molar-refractivity contribution in [2.24, 2.45) is 4.99 Å². The first-order valence-corrected chi connectivity index (χ1v) is 4.51. The van der Waals surface area contributed by atoms with Crippen molar-refractivity contribution in [2.75, 3.05) is 5.88 Å². The first kappa shape index (κ1) is 8.50. The molecule has 0 aromatic carbocycles. The summed E-state index contributed by atoms with van der Waals surface area (Å²) in [6.07, 6.45) is 3.84. The quantitative estimate of drug-likeness (QED) is 0.298. The van der Waals surface area contributed by atoms with E-state index in [2.05, 4.69) is 10.3 Å². The first-order chi connectivity index (χ1) is 6.29. The first-order valence-electron chi connectivity index (χ1n) is 3.98. The molecule has 0 saturated heterocycles. The fourth-order valence-electron chi connectivity index (χ4n) is 0.962. The molecule has 1 fully saturated rings. The van der Waals surface area contributed by atoms with E-state index < -0.39 is 5.90 Å². The van der Waals surface area contributed by atoms with Gasteiger partial charge in [-0.2, -0.15) is 0 Å². The Morgan fingerprint density at radius 1 is 1.85 bits per heavy atom. The lowest BCUT2D eigenvalue weighted by molar-refractivity contribution is -0.765. The van der Waals surface area contributed by atoms with E-state index >= 15 is 0 Å². The number of hydrogen-bond acceptors (Lipinski definition) is 4. The van der Waals surface area contributed by atoms with Crippen molar-refractivity contribution in [3.05, 3.63) is 6.20 Å². The molecular formula is C7H8ClN3O2. The highest BCUT2D eigenvalue weighted by atomic mass is 35.5. The van der Waals surface area contributed by atoms with Gasteiger partial charge in [0.05, 0.1) is 5.88 Å². The largest absolute Gasteiger partial charge is 0.861 e. The van der Waals surface area contributed by atoms with Crippen LogP contribution in [0.15, 0.2) is 15.7 Å².